The van der Waals surface area contributed by atoms with E-state index in [1.807, 2.05) is 18.2 Å². The average Bonchev–Trinajstić information content (AvgIpc) is 3.33. The molecule has 1 amide bonds. The molecule has 1 heterocycles. The first-order chi connectivity index (χ1) is 14.8. The van der Waals surface area contributed by atoms with Crippen LogP contribution in [0.25, 0.3) is 0 Å². The summed E-state index contributed by atoms with van der Waals surface area (Å²) in [6, 6.07) is 9.01. The predicted octanol–water partition coefficient (Wildman–Crippen LogP) is 0.770. The maximum absolute atomic E-state index is 11.8. The number of nitrogens with zero attached hydrogens (tertiary/aromatic N) is 3. The van der Waals surface area contributed by atoms with Gasteiger partial charge in [-0.15, -0.1) is 5.10 Å². The molecule has 4 radical (unpaired) electrons. The Kier molecular flexibility index (Phi) is 68.0. The summed E-state index contributed by atoms with van der Waals surface area (Å²) >= 11 is 0. The standard InChI is InChI=1S/C13H12N4O.6CO.2Co/c1-2-8-17-10-12(15-16-17)9-14-13(18)11-6-4-3-5-7-11;6*1-2;;/h1,3-7,10H,8-9H2,(H,14,18);;;;;;;;. The van der Waals surface area contributed by atoms with Crippen LogP contribution in [0.5, 0.6) is 0 Å². The zero-order valence-corrected chi connectivity index (χ0v) is 17.9. The van der Waals surface area contributed by atoms with Gasteiger partial charge in [-0.3, -0.25) is 4.79 Å². The minimum absolute atomic E-state index is 0. The van der Waals surface area contributed by atoms with E-state index in [1.165, 1.54) is 0 Å². The van der Waals surface area contributed by atoms with Crippen molar-refractivity contribution >= 4 is 5.91 Å². The number of aromatic nitrogens is 3. The van der Waals surface area contributed by atoms with Gasteiger partial charge in [0.2, 0.25) is 0 Å². The maximum Gasteiger partial charge on any atom is 0.251 e. The van der Waals surface area contributed by atoms with Crippen LogP contribution in [-0.4, -0.2) is 20.9 Å². The first kappa shape index (κ1) is 47.0. The van der Waals surface area contributed by atoms with Gasteiger partial charge in [-0.2, -0.15) is 0 Å². The van der Waals surface area contributed by atoms with Crippen molar-refractivity contribution in [3.05, 3.63) is 100 Å². The molecule has 11 nitrogen and oxygen atoms in total. The van der Waals surface area contributed by atoms with E-state index in [-0.39, 0.29) is 39.5 Å². The Morgan fingerprint density at radius 1 is 0.906 bits per heavy atom. The summed E-state index contributed by atoms with van der Waals surface area (Å²) in [5.41, 5.74) is 1.29. The van der Waals surface area contributed by atoms with E-state index in [0.717, 1.165) is 0 Å². The molecule has 0 saturated heterocycles. The van der Waals surface area contributed by atoms with Crippen LogP contribution in [0.3, 0.4) is 0 Å². The Bertz CT molecular complexity index is 752. The van der Waals surface area contributed by atoms with E-state index >= 15 is 0 Å². The third kappa shape index (κ3) is 27.0. The molecule has 0 aliphatic rings. The minimum atomic E-state index is -0.137. The Morgan fingerprint density at radius 2 is 1.34 bits per heavy atom. The van der Waals surface area contributed by atoms with E-state index in [1.54, 1.807) is 23.0 Å². The smallest absolute Gasteiger partial charge is 0.251 e. The molecule has 0 spiro atoms. The van der Waals surface area contributed by atoms with Gasteiger partial charge in [0.15, 0.2) is 0 Å². The number of benzene rings is 1. The number of hydrogen-bond donors (Lipinski definition) is 1. The summed E-state index contributed by atoms with van der Waals surface area (Å²) in [7, 11) is 0. The molecule has 0 aliphatic heterocycles. The Morgan fingerprint density at radius 3 is 1.75 bits per heavy atom. The molecule has 1 aromatic heterocycles. The van der Waals surface area contributed by atoms with Crippen LogP contribution >= 0.6 is 0 Å². The molecule has 0 fully saturated rings. The summed E-state index contributed by atoms with van der Waals surface area (Å²) in [4.78, 5) is 11.8. The maximum atomic E-state index is 11.8. The summed E-state index contributed by atoms with van der Waals surface area (Å²) in [6.07, 6.45) is 4.17. The number of nitrogens with one attached hydrogen (secondary N) is 1. The molecular formula is C19H12Co2N4O7. The number of rotatable bonds is 5. The van der Waals surface area contributed by atoms with Crippen molar-refractivity contribution in [1.82, 2.24) is 20.3 Å². The van der Waals surface area contributed by atoms with Crippen molar-refractivity contribution in [2.24, 2.45) is 0 Å². The average molecular weight is 526 g/mol. The molecule has 0 unspecified atom stereocenters. The van der Waals surface area contributed by atoms with Crippen molar-refractivity contribution in [3.8, 4) is 0 Å². The molecule has 13 heteroatoms. The monoisotopic (exact) mass is 526 g/mol. The molecule has 168 valence electrons. The van der Waals surface area contributed by atoms with Crippen LogP contribution in [-0.2, 0) is 74.6 Å². The Hall–Kier alpha value is -2.98. The predicted molar refractivity (Wildman–Crippen MR) is 88.8 cm³/mol. The summed E-state index contributed by atoms with van der Waals surface area (Å²) in [5.74, 6) is -0.137. The molecule has 0 saturated carbocycles. The SMILES string of the molecule is [C-]#[O+].[C-]#[O+].[C-]#[O+].[C-]#[O+].[C-]#[O+].[C-]#[O+].[CH]=[C]Cn1cc(CNC(=O)c2ccccc2)nn1.[Co].[Co]. The summed E-state index contributed by atoms with van der Waals surface area (Å²) in [5, 5.41) is 10.5. The second-order valence-electron chi connectivity index (χ2n) is 3.66. The third-order valence-corrected chi connectivity index (χ3v) is 2.31. The molecule has 32 heavy (non-hydrogen) atoms. The second-order valence-corrected chi connectivity index (χ2v) is 3.66. The van der Waals surface area contributed by atoms with Crippen LogP contribution in [0, 0.1) is 52.6 Å². The first-order valence-electron chi connectivity index (χ1n) is 6.68. The fraction of sp³-hybridized carbons (Fsp3) is 0.105. The number of carbonyl (C=O) groups is 1. The van der Waals surface area contributed by atoms with Gasteiger partial charge in [0, 0.05) is 39.1 Å². The topological polar surface area (TPSA) is 179 Å². The van der Waals surface area contributed by atoms with E-state index in [4.69, 9.17) is 34.5 Å². The van der Waals surface area contributed by atoms with Gasteiger partial charge in [0.05, 0.1) is 19.3 Å². The number of allylic oxidation sites excluding steroid dienone is 1. The minimum Gasteiger partial charge on any atom is -0.346 e. The molecule has 1 aromatic carbocycles. The van der Waals surface area contributed by atoms with Crippen molar-refractivity contribution < 1.29 is 66.3 Å². The normalized spacial score (nSPS) is 6.00. The number of amides is 1. The number of carbonyl (C=O) groups excluding carboxylic acids is 1. The molecule has 0 bridgehead atoms. The van der Waals surface area contributed by atoms with Gasteiger partial charge < -0.3 is 5.32 Å². The van der Waals surface area contributed by atoms with Gasteiger partial charge in [-0.1, -0.05) is 30.0 Å². The van der Waals surface area contributed by atoms with Crippen LogP contribution in [0.4, 0.5) is 0 Å². The van der Waals surface area contributed by atoms with Crippen LogP contribution in [0.1, 0.15) is 16.1 Å². The van der Waals surface area contributed by atoms with Gasteiger partial charge in [-0.05, 0) is 18.2 Å². The van der Waals surface area contributed by atoms with Gasteiger partial charge >= 0.3 is 67.8 Å². The van der Waals surface area contributed by atoms with Crippen LogP contribution in [0.2, 0.25) is 0 Å². The first-order valence-corrected chi connectivity index (χ1v) is 6.68. The third-order valence-electron chi connectivity index (χ3n) is 2.31. The largest absolute Gasteiger partial charge is 0.346 e. The van der Waals surface area contributed by atoms with Crippen LogP contribution in [0.15, 0.2) is 36.5 Å². The zero-order valence-electron chi connectivity index (χ0n) is 15.8. The quantitative estimate of drug-likeness (QED) is 0.448. The molecule has 1 N–H and O–H groups in total. The summed E-state index contributed by atoms with van der Waals surface area (Å²) < 4.78 is 46.5. The second kappa shape index (κ2) is 46.3. The molecule has 0 aliphatic carbocycles. The fourth-order valence-corrected chi connectivity index (χ4v) is 1.45. The summed E-state index contributed by atoms with van der Waals surface area (Å²) in [6.45, 7) is 32.9. The van der Waals surface area contributed by atoms with Crippen molar-refractivity contribution in [2.75, 3.05) is 0 Å². The Labute approximate surface area is 205 Å². The zero-order chi connectivity index (χ0) is 24.8. The van der Waals surface area contributed by atoms with E-state index in [0.29, 0.717) is 24.3 Å². The molecule has 2 aromatic rings. The van der Waals surface area contributed by atoms with E-state index in [2.05, 4.69) is 61.6 Å². The molecular weight excluding hydrogens is 514 g/mol. The van der Waals surface area contributed by atoms with Gasteiger partial charge in [-0.25, -0.2) is 4.68 Å². The van der Waals surface area contributed by atoms with Crippen molar-refractivity contribution in [3.63, 3.8) is 0 Å². The van der Waals surface area contributed by atoms with Crippen molar-refractivity contribution in [1.29, 1.82) is 0 Å². The van der Waals surface area contributed by atoms with E-state index < -0.39 is 0 Å². The number of hydrogen-bond acceptors (Lipinski definition) is 3. The fourth-order valence-electron chi connectivity index (χ4n) is 1.45. The van der Waals surface area contributed by atoms with Crippen LogP contribution < -0.4 is 5.32 Å². The molecule has 0 atom stereocenters. The van der Waals surface area contributed by atoms with Gasteiger partial charge in [0.1, 0.15) is 5.69 Å². The molecule has 2 rings (SSSR count). The van der Waals surface area contributed by atoms with E-state index in [9.17, 15) is 4.79 Å². The van der Waals surface area contributed by atoms with Crippen molar-refractivity contribution in [2.45, 2.75) is 13.1 Å². The Balaban J connectivity index is -0.0000000779. The van der Waals surface area contributed by atoms with Gasteiger partial charge in [0.25, 0.3) is 5.91 Å².